The average Bonchev–Trinajstić information content (AvgIpc) is 2.44. The zero-order chi connectivity index (χ0) is 15.4. The number of rotatable bonds is 4. The standard InChI is InChI=1S/C16H15Br2NOS/c1-10-7-14(18)15(8-11(10)2)19-16(20)9-21-13-5-3-12(17)4-6-13/h3-8H,9H2,1-2H3,(H,19,20). The summed E-state index contributed by atoms with van der Waals surface area (Å²) in [5.41, 5.74) is 3.18. The summed E-state index contributed by atoms with van der Waals surface area (Å²) in [6.07, 6.45) is 0. The molecule has 0 aliphatic carbocycles. The van der Waals surface area contributed by atoms with Gasteiger partial charge >= 0.3 is 0 Å². The lowest BCUT2D eigenvalue weighted by atomic mass is 10.1. The van der Waals surface area contributed by atoms with Crippen LogP contribution >= 0.6 is 43.6 Å². The Morgan fingerprint density at radius 1 is 1.10 bits per heavy atom. The van der Waals surface area contributed by atoms with Crippen molar-refractivity contribution in [2.45, 2.75) is 18.7 Å². The van der Waals surface area contributed by atoms with Gasteiger partial charge in [-0.15, -0.1) is 11.8 Å². The van der Waals surface area contributed by atoms with Crippen LogP contribution in [0.25, 0.3) is 0 Å². The van der Waals surface area contributed by atoms with Crippen LogP contribution in [0.5, 0.6) is 0 Å². The molecular weight excluding hydrogens is 414 g/mol. The summed E-state index contributed by atoms with van der Waals surface area (Å²) in [4.78, 5) is 13.1. The van der Waals surface area contributed by atoms with E-state index in [0.29, 0.717) is 5.75 Å². The zero-order valence-electron chi connectivity index (χ0n) is 11.7. The van der Waals surface area contributed by atoms with Crippen molar-refractivity contribution in [3.8, 4) is 0 Å². The van der Waals surface area contributed by atoms with Gasteiger partial charge in [-0.05, 0) is 77.3 Å². The normalized spacial score (nSPS) is 10.5. The number of thioether (sulfide) groups is 1. The van der Waals surface area contributed by atoms with Gasteiger partial charge in [-0.3, -0.25) is 4.79 Å². The predicted octanol–water partition coefficient (Wildman–Crippen LogP) is 5.56. The van der Waals surface area contributed by atoms with Crippen LogP contribution in [0, 0.1) is 13.8 Å². The van der Waals surface area contributed by atoms with E-state index in [-0.39, 0.29) is 5.91 Å². The molecule has 0 radical (unpaired) electrons. The number of amides is 1. The van der Waals surface area contributed by atoms with Gasteiger partial charge in [-0.1, -0.05) is 15.9 Å². The van der Waals surface area contributed by atoms with E-state index in [1.165, 1.54) is 17.3 Å². The minimum atomic E-state index is -0.00753. The third-order valence-electron chi connectivity index (χ3n) is 3.04. The SMILES string of the molecule is Cc1cc(Br)c(NC(=O)CSc2ccc(Br)cc2)cc1C. The molecule has 0 unspecified atom stereocenters. The summed E-state index contributed by atoms with van der Waals surface area (Å²) < 4.78 is 1.95. The van der Waals surface area contributed by atoms with E-state index in [9.17, 15) is 4.79 Å². The second kappa shape index (κ2) is 7.47. The Bertz CT molecular complexity index is 656. The number of nitrogens with one attached hydrogen (secondary N) is 1. The second-order valence-corrected chi connectivity index (χ2v) is 7.53. The number of hydrogen-bond donors (Lipinski definition) is 1. The van der Waals surface area contributed by atoms with E-state index in [1.54, 1.807) is 0 Å². The van der Waals surface area contributed by atoms with Crippen LogP contribution in [-0.2, 0) is 4.79 Å². The van der Waals surface area contributed by atoms with Gasteiger partial charge in [0, 0.05) is 13.8 Å². The van der Waals surface area contributed by atoms with E-state index >= 15 is 0 Å². The van der Waals surface area contributed by atoms with Gasteiger partial charge < -0.3 is 5.32 Å². The number of hydrogen-bond acceptors (Lipinski definition) is 2. The Labute approximate surface area is 146 Å². The monoisotopic (exact) mass is 427 g/mol. The van der Waals surface area contributed by atoms with E-state index in [4.69, 9.17) is 0 Å². The van der Waals surface area contributed by atoms with Gasteiger partial charge in [0.05, 0.1) is 11.4 Å². The Hall–Kier alpha value is -0.780. The highest BCUT2D eigenvalue weighted by atomic mass is 79.9. The smallest absolute Gasteiger partial charge is 0.234 e. The first-order valence-corrected chi connectivity index (χ1v) is 8.98. The van der Waals surface area contributed by atoms with Gasteiger partial charge in [0.15, 0.2) is 0 Å². The van der Waals surface area contributed by atoms with Gasteiger partial charge in [0.25, 0.3) is 0 Å². The summed E-state index contributed by atoms with van der Waals surface area (Å²) in [7, 11) is 0. The summed E-state index contributed by atoms with van der Waals surface area (Å²) in [6, 6.07) is 11.9. The van der Waals surface area contributed by atoms with E-state index < -0.39 is 0 Å². The fraction of sp³-hybridized carbons (Fsp3) is 0.188. The molecule has 0 aromatic heterocycles. The maximum atomic E-state index is 12.0. The van der Waals surface area contributed by atoms with Crippen LogP contribution < -0.4 is 5.32 Å². The fourth-order valence-corrected chi connectivity index (χ4v) is 3.26. The first-order chi connectivity index (χ1) is 9.95. The molecule has 2 aromatic rings. The lowest BCUT2D eigenvalue weighted by Crippen LogP contribution is -2.14. The quantitative estimate of drug-likeness (QED) is 0.645. The van der Waals surface area contributed by atoms with Crippen molar-refractivity contribution in [1.29, 1.82) is 0 Å². The van der Waals surface area contributed by atoms with Crippen LogP contribution in [0.2, 0.25) is 0 Å². The molecule has 2 nitrogen and oxygen atoms in total. The molecule has 0 heterocycles. The first-order valence-electron chi connectivity index (χ1n) is 6.40. The lowest BCUT2D eigenvalue weighted by Gasteiger charge is -2.10. The third kappa shape index (κ3) is 4.87. The summed E-state index contributed by atoms with van der Waals surface area (Å²) in [5, 5.41) is 2.94. The Morgan fingerprint density at radius 3 is 2.38 bits per heavy atom. The molecule has 2 aromatic carbocycles. The van der Waals surface area contributed by atoms with Crippen LogP contribution in [0.4, 0.5) is 5.69 Å². The first kappa shape index (κ1) is 16.6. The van der Waals surface area contributed by atoms with Gasteiger partial charge in [0.2, 0.25) is 5.91 Å². The Kier molecular flexibility index (Phi) is 5.90. The molecule has 21 heavy (non-hydrogen) atoms. The highest BCUT2D eigenvalue weighted by Crippen LogP contribution is 2.27. The fourth-order valence-electron chi connectivity index (χ4n) is 1.74. The van der Waals surface area contributed by atoms with E-state index in [0.717, 1.165) is 25.1 Å². The number of carbonyl (C=O) groups excluding carboxylic acids is 1. The molecule has 110 valence electrons. The number of anilines is 1. The Morgan fingerprint density at radius 2 is 1.71 bits per heavy atom. The van der Waals surface area contributed by atoms with Gasteiger partial charge in [-0.2, -0.15) is 0 Å². The van der Waals surface area contributed by atoms with E-state index in [2.05, 4.69) is 44.1 Å². The third-order valence-corrected chi connectivity index (χ3v) is 5.24. The van der Waals surface area contributed by atoms with Crippen molar-refractivity contribution in [2.75, 3.05) is 11.1 Å². The molecule has 5 heteroatoms. The number of carbonyl (C=O) groups is 1. The van der Waals surface area contributed by atoms with Crippen LogP contribution in [0.3, 0.4) is 0 Å². The predicted molar refractivity (Wildman–Crippen MR) is 97.1 cm³/mol. The molecular formula is C16H15Br2NOS. The average molecular weight is 429 g/mol. The van der Waals surface area contributed by atoms with Gasteiger partial charge in [0.1, 0.15) is 0 Å². The molecule has 1 N–H and O–H groups in total. The molecule has 0 aliphatic rings. The lowest BCUT2D eigenvalue weighted by molar-refractivity contribution is -0.113. The van der Waals surface area contributed by atoms with Crippen molar-refractivity contribution in [1.82, 2.24) is 0 Å². The van der Waals surface area contributed by atoms with Crippen molar-refractivity contribution < 1.29 is 4.79 Å². The molecule has 2 rings (SSSR count). The number of halogens is 2. The molecule has 0 atom stereocenters. The highest BCUT2D eigenvalue weighted by molar-refractivity contribution is 9.10. The molecule has 0 fully saturated rings. The molecule has 1 amide bonds. The largest absolute Gasteiger partial charge is 0.324 e. The highest BCUT2D eigenvalue weighted by Gasteiger charge is 2.08. The minimum absolute atomic E-state index is 0.00753. The van der Waals surface area contributed by atoms with Crippen LogP contribution in [-0.4, -0.2) is 11.7 Å². The minimum Gasteiger partial charge on any atom is -0.324 e. The van der Waals surface area contributed by atoms with Crippen LogP contribution in [0.1, 0.15) is 11.1 Å². The molecule has 0 aliphatic heterocycles. The maximum absolute atomic E-state index is 12.0. The van der Waals surface area contributed by atoms with E-state index in [1.807, 2.05) is 43.3 Å². The van der Waals surface area contributed by atoms with Crippen LogP contribution in [0.15, 0.2) is 50.2 Å². The number of benzene rings is 2. The molecule has 0 saturated carbocycles. The summed E-state index contributed by atoms with van der Waals surface area (Å²) >= 11 is 8.41. The van der Waals surface area contributed by atoms with Crippen molar-refractivity contribution in [2.24, 2.45) is 0 Å². The number of aryl methyl sites for hydroxylation is 2. The summed E-state index contributed by atoms with van der Waals surface area (Å²) in [6.45, 7) is 4.09. The van der Waals surface area contributed by atoms with Crippen molar-refractivity contribution >= 4 is 55.2 Å². The second-order valence-electron chi connectivity index (χ2n) is 4.71. The zero-order valence-corrected chi connectivity index (χ0v) is 15.7. The Balaban J connectivity index is 1.96. The summed E-state index contributed by atoms with van der Waals surface area (Å²) in [5.74, 6) is 0.382. The van der Waals surface area contributed by atoms with Crippen molar-refractivity contribution in [3.63, 3.8) is 0 Å². The topological polar surface area (TPSA) is 29.1 Å². The molecule has 0 spiro atoms. The molecule has 0 bridgehead atoms. The van der Waals surface area contributed by atoms with Gasteiger partial charge in [-0.25, -0.2) is 0 Å². The van der Waals surface area contributed by atoms with Crippen molar-refractivity contribution in [3.05, 3.63) is 56.5 Å². The maximum Gasteiger partial charge on any atom is 0.234 e. The molecule has 0 saturated heterocycles.